The van der Waals surface area contributed by atoms with Crippen molar-refractivity contribution in [1.29, 1.82) is 0 Å². The molecule has 2 rings (SSSR count). The first-order valence-corrected chi connectivity index (χ1v) is 6.73. The summed E-state index contributed by atoms with van der Waals surface area (Å²) in [5.41, 5.74) is 2.34. The van der Waals surface area contributed by atoms with E-state index in [9.17, 15) is 18.9 Å². The van der Waals surface area contributed by atoms with Gasteiger partial charge >= 0.3 is 6.61 Å². The van der Waals surface area contributed by atoms with Gasteiger partial charge in [0.25, 0.3) is 5.69 Å². The Bertz CT molecular complexity index is 762. The molecule has 0 N–H and O–H groups in total. The predicted molar refractivity (Wildman–Crippen MR) is 81.5 cm³/mol. The number of benzene rings is 2. The zero-order valence-electron chi connectivity index (χ0n) is 12.3. The number of nitro benzene ring substituents is 1. The minimum atomic E-state index is -2.84. The lowest BCUT2D eigenvalue weighted by molar-refractivity contribution is -0.384. The molecule has 0 aliphatic carbocycles. The van der Waals surface area contributed by atoms with E-state index in [2.05, 4.69) is 16.6 Å². The summed E-state index contributed by atoms with van der Waals surface area (Å²) in [4.78, 5) is 10.2. The maximum absolute atomic E-state index is 12.0. The average Bonchev–Trinajstić information content (AvgIpc) is 2.50. The van der Waals surface area contributed by atoms with Crippen molar-refractivity contribution in [3.8, 4) is 17.6 Å². The molecule has 23 heavy (non-hydrogen) atoms. The smallest absolute Gasteiger partial charge is 0.387 e. The first-order valence-electron chi connectivity index (χ1n) is 6.73. The van der Waals surface area contributed by atoms with E-state index in [4.69, 9.17) is 0 Å². The van der Waals surface area contributed by atoms with E-state index in [-0.39, 0.29) is 11.4 Å². The number of non-ortho nitro benzene ring substituents is 1. The Morgan fingerprint density at radius 3 is 2.48 bits per heavy atom. The number of halogens is 2. The standard InChI is InChI=1S/C17H13F2NO3/c1-12-11-15(20(21)22)8-7-14(12)4-2-3-13-5-9-16(10-6-13)23-17(18)19/h5-11,17H,3H2,1H3. The molecule has 2 aromatic carbocycles. The molecule has 0 spiro atoms. The Morgan fingerprint density at radius 1 is 1.22 bits per heavy atom. The largest absolute Gasteiger partial charge is 0.435 e. The molecule has 118 valence electrons. The molecule has 0 aliphatic rings. The molecular formula is C17H13F2NO3. The first kappa shape index (κ1) is 16.4. The third-order valence-corrected chi connectivity index (χ3v) is 3.08. The molecule has 0 bridgehead atoms. The van der Waals surface area contributed by atoms with Gasteiger partial charge in [-0.25, -0.2) is 0 Å². The second kappa shape index (κ2) is 7.36. The van der Waals surface area contributed by atoms with Crippen LogP contribution in [0.3, 0.4) is 0 Å². The average molecular weight is 317 g/mol. The number of nitro groups is 1. The molecule has 0 aromatic heterocycles. The van der Waals surface area contributed by atoms with Crippen LogP contribution in [0.1, 0.15) is 16.7 Å². The number of alkyl halides is 2. The minimum absolute atomic E-state index is 0.0302. The highest BCUT2D eigenvalue weighted by molar-refractivity contribution is 5.47. The monoisotopic (exact) mass is 317 g/mol. The Morgan fingerprint density at radius 2 is 1.91 bits per heavy atom. The van der Waals surface area contributed by atoms with Crippen LogP contribution < -0.4 is 4.74 Å². The zero-order valence-corrected chi connectivity index (χ0v) is 12.3. The molecule has 2 aromatic rings. The normalized spacial score (nSPS) is 10.1. The van der Waals surface area contributed by atoms with Crippen LogP contribution in [-0.2, 0) is 6.42 Å². The zero-order chi connectivity index (χ0) is 16.8. The summed E-state index contributed by atoms with van der Waals surface area (Å²) in [5, 5.41) is 10.7. The Hall–Kier alpha value is -2.94. The SMILES string of the molecule is Cc1cc([N+](=O)[O-])ccc1C#CCc1ccc(OC(F)F)cc1. The van der Waals surface area contributed by atoms with E-state index in [1.165, 1.54) is 24.3 Å². The predicted octanol–water partition coefficient (Wildman–Crippen LogP) is 4.10. The van der Waals surface area contributed by atoms with Gasteiger partial charge in [-0.15, -0.1) is 0 Å². The van der Waals surface area contributed by atoms with Crippen LogP contribution in [0.25, 0.3) is 0 Å². The van der Waals surface area contributed by atoms with Crippen molar-refractivity contribution >= 4 is 5.69 Å². The van der Waals surface area contributed by atoms with E-state index >= 15 is 0 Å². The van der Waals surface area contributed by atoms with Crippen LogP contribution in [0.5, 0.6) is 5.75 Å². The van der Waals surface area contributed by atoms with Gasteiger partial charge in [0, 0.05) is 24.1 Å². The molecule has 0 saturated heterocycles. The van der Waals surface area contributed by atoms with E-state index in [0.29, 0.717) is 12.0 Å². The third kappa shape index (κ3) is 4.78. The number of hydrogen-bond donors (Lipinski definition) is 0. The molecule has 0 atom stereocenters. The summed E-state index contributed by atoms with van der Waals surface area (Å²) in [6.45, 7) is -1.08. The van der Waals surface area contributed by atoms with E-state index in [0.717, 1.165) is 11.1 Å². The van der Waals surface area contributed by atoms with Crippen LogP contribution in [0.4, 0.5) is 14.5 Å². The molecular weight excluding hydrogens is 304 g/mol. The van der Waals surface area contributed by atoms with E-state index in [1.54, 1.807) is 25.1 Å². The second-order valence-electron chi connectivity index (χ2n) is 4.76. The number of hydrogen-bond acceptors (Lipinski definition) is 3. The van der Waals surface area contributed by atoms with Gasteiger partial charge in [0.15, 0.2) is 0 Å². The number of aryl methyl sites for hydroxylation is 1. The molecule has 4 nitrogen and oxygen atoms in total. The second-order valence-corrected chi connectivity index (χ2v) is 4.76. The van der Waals surface area contributed by atoms with E-state index < -0.39 is 11.5 Å². The Labute approximate surface area is 131 Å². The van der Waals surface area contributed by atoms with Gasteiger partial charge in [-0.3, -0.25) is 10.1 Å². The van der Waals surface area contributed by atoms with Gasteiger partial charge in [-0.2, -0.15) is 8.78 Å². The van der Waals surface area contributed by atoms with Crippen molar-refractivity contribution in [2.75, 3.05) is 0 Å². The van der Waals surface area contributed by atoms with Crippen molar-refractivity contribution in [3.05, 3.63) is 69.3 Å². The minimum Gasteiger partial charge on any atom is -0.435 e. The van der Waals surface area contributed by atoms with Crippen LogP contribution >= 0.6 is 0 Å². The lowest BCUT2D eigenvalue weighted by Gasteiger charge is -2.04. The highest BCUT2D eigenvalue weighted by Gasteiger charge is 2.06. The molecule has 6 heteroatoms. The summed E-state index contributed by atoms with van der Waals surface area (Å²) >= 11 is 0. The van der Waals surface area contributed by atoms with Gasteiger partial charge < -0.3 is 4.74 Å². The molecule has 0 unspecified atom stereocenters. The van der Waals surface area contributed by atoms with Crippen LogP contribution in [0.15, 0.2) is 42.5 Å². The Kier molecular flexibility index (Phi) is 5.26. The highest BCUT2D eigenvalue weighted by Crippen LogP contribution is 2.17. The number of rotatable bonds is 4. The maximum atomic E-state index is 12.0. The van der Waals surface area contributed by atoms with Gasteiger partial charge in [0.1, 0.15) is 5.75 Å². The molecule has 0 aliphatic heterocycles. The molecule has 0 radical (unpaired) electrons. The maximum Gasteiger partial charge on any atom is 0.387 e. The summed E-state index contributed by atoms with van der Waals surface area (Å²) in [6, 6.07) is 10.7. The fourth-order valence-electron chi connectivity index (χ4n) is 1.93. The fourth-order valence-corrected chi connectivity index (χ4v) is 1.93. The summed E-state index contributed by atoms with van der Waals surface area (Å²) in [6.07, 6.45) is 0.436. The third-order valence-electron chi connectivity index (χ3n) is 3.08. The van der Waals surface area contributed by atoms with Crippen molar-refractivity contribution in [2.45, 2.75) is 20.0 Å². The van der Waals surface area contributed by atoms with Gasteiger partial charge in [-0.05, 0) is 36.2 Å². The van der Waals surface area contributed by atoms with Crippen LogP contribution in [-0.4, -0.2) is 11.5 Å². The summed E-state index contributed by atoms with van der Waals surface area (Å²) in [7, 11) is 0. The number of nitrogens with zero attached hydrogens (tertiary/aromatic N) is 1. The van der Waals surface area contributed by atoms with Crippen molar-refractivity contribution < 1.29 is 18.4 Å². The lowest BCUT2D eigenvalue weighted by atomic mass is 10.1. The van der Waals surface area contributed by atoms with Crippen LogP contribution in [0.2, 0.25) is 0 Å². The van der Waals surface area contributed by atoms with Gasteiger partial charge in [-0.1, -0.05) is 24.0 Å². The lowest BCUT2D eigenvalue weighted by Crippen LogP contribution is -2.01. The molecule has 0 fully saturated rings. The van der Waals surface area contributed by atoms with E-state index in [1.807, 2.05) is 0 Å². The van der Waals surface area contributed by atoms with Crippen molar-refractivity contribution in [3.63, 3.8) is 0 Å². The van der Waals surface area contributed by atoms with Crippen molar-refractivity contribution in [1.82, 2.24) is 0 Å². The summed E-state index contributed by atoms with van der Waals surface area (Å²) in [5.74, 6) is 6.01. The van der Waals surface area contributed by atoms with Gasteiger partial charge in [0.05, 0.1) is 4.92 Å². The topological polar surface area (TPSA) is 52.4 Å². The molecule has 0 heterocycles. The molecule has 0 saturated carbocycles. The number of ether oxygens (including phenoxy) is 1. The first-order chi connectivity index (χ1) is 11.0. The summed E-state index contributed by atoms with van der Waals surface area (Å²) < 4.78 is 28.3. The quantitative estimate of drug-likeness (QED) is 0.484. The van der Waals surface area contributed by atoms with Crippen molar-refractivity contribution in [2.24, 2.45) is 0 Å². The fraction of sp³-hybridized carbons (Fsp3) is 0.176. The van der Waals surface area contributed by atoms with Gasteiger partial charge in [0.2, 0.25) is 0 Å². The Balaban J connectivity index is 2.04. The van der Waals surface area contributed by atoms with Crippen LogP contribution in [0, 0.1) is 28.9 Å². The molecule has 0 amide bonds. The highest BCUT2D eigenvalue weighted by atomic mass is 19.3.